The zero-order valence-electron chi connectivity index (χ0n) is 33.0. The number of aromatic hydroxyl groups is 1. The molecule has 0 aromatic carbocycles. The Labute approximate surface area is 353 Å². The average Bonchev–Trinajstić information content (AvgIpc) is 3.97. The number of oxazole rings is 2. The molecule has 0 saturated heterocycles. The van der Waals surface area contributed by atoms with Gasteiger partial charge in [-0.25, -0.2) is 34.9 Å². The number of pyridine rings is 7. The number of ether oxygens (including phenoxy) is 4. The first kappa shape index (κ1) is 42.8. The van der Waals surface area contributed by atoms with Crippen molar-refractivity contribution in [3.8, 4) is 52.0 Å². The van der Waals surface area contributed by atoms with Crippen molar-refractivity contribution in [3.63, 3.8) is 0 Å². The molecular formula is C43H38ClN9O8. The minimum Gasteiger partial charge on any atom is -0.506 e. The number of rotatable bonds is 10. The Morgan fingerprint density at radius 1 is 0.574 bits per heavy atom. The maximum Gasteiger partial charge on any atom is 0.247 e. The van der Waals surface area contributed by atoms with Crippen LogP contribution < -0.4 is 18.9 Å². The second-order valence-electron chi connectivity index (χ2n) is 12.2. The predicted molar refractivity (Wildman–Crippen MR) is 224 cm³/mol. The molecule has 0 fully saturated rings. The molecule has 0 aliphatic heterocycles. The van der Waals surface area contributed by atoms with Gasteiger partial charge in [-0.3, -0.25) is 9.97 Å². The van der Waals surface area contributed by atoms with Gasteiger partial charge >= 0.3 is 0 Å². The van der Waals surface area contributed by atoms with E-state index in [1.54, 1.807) is 107 Å². The van der Waals surface area contributed by atoms with Crippen LogP contribution in [0.25, 0.3) is 45.4 Å². The van der Waals surface area contributed by atoms with Gasteiger partial charge in [0.15, 0.2) is 0 Å². The third kappa shape index (κ3) is 12.4. The number of hydrogen-bond acceptors (Lipinski definition) is 17. The van der Waals surface area contributed by atoms with Crippen molar-refractivity contribution in [1.82, 2.24) is 44.9 Å². The molecule has 9 aromatic heterocycles. The smallest absolute Gasteiger partial charge is 0.247 e. The SMILES string of the molecule is COc1ccc(CCl)cn1.COc1ccc(CO)cn1.COc1ccc(COc2cnc3oc(-c4cccnc4)nc3c2)cn1.Oc1cnc2oc(-c3cccnc3)nc2c1. The molecule has 17 nitrogen and oxygen atoms in total. The van der Waals surface area contributed by atoms with Crippen LogP contribution in [-0.2, 0) is 19.1 Å². The lowest BCUT2D eigenvalue weighted by molar-refractivity contribution is 0.281. The highest BCUT2D eigenvalue weighted by Crippen LogP contribution is 2.26. The van der Waals surface area contributed by atoms with E-state index in [2.05, 4.69) is 44.9 Å². The summed E-state index contributed by atoms with van der Waals surface area (Å²) >= 11 is 5.54. The summed E-state index contributed by atoms with van der Waals surface area (Å²) < 4.78 is 31.6. The van der Waals surface area contributed by atoms with Crippen LogP contribution in [0.4, 0.5) is 0 Å². The Morgan fingerprint density at radius 2 is 1.08 bits per heavy atom. The first-order chi connectivity index (χ1) is 29.9. The predicted octanol–water partition coefficient (Wildman–Crippen LogP) is 7.67. The zero-order chi connectivity index (χ0) is 42.8. The van der Waals surface area contributed by atoms with Crippen molar-refractivity contribution in [2.24, 2.45) is 0 Å². The van der Waals surface area contributed by atoms with Gasteiger partial charge in [-0.15, -0.1) is 11.6 Å². The maximum atomic E-state index is 9.25. The van der Waals surface area contributed by atoms with Gasteiger partial charge in [-0.2, -0.15) is 0 Å². The summed E-state index contributed by atoms with van der Waals surface area (Å²) in [6.45, 7) is 0.397. The van der Waals surface area contributed by atoms with Crippen LogP contribution in [-0.4, -0.2) is 76.4 Å². The van der Waals surface area contributed by atoms with E-state index in [9.17, 15) is 5.11 Å². The van der Waals surface area contributed by atoms with Gasteiger partial charge in [0.05, 0.1) is 51.5 Å². The average molecular weight is 844 g/mol. The van der Waals surface area contributed by atoms with E-state index >= 15 is 0 Å². The lowest BCUT2D eigenvalue weighted by Gasteiger charge is -2.05. The number of hydrogen-bond donors (Lipinski definition) is 2. The van der Waals surface area contributed by atoms with Crippen LogP contribution in [0, 0.1) is 0 Å². The Hall–Kier alpha value is -7.76. The van der Waals surface area contributed by atoms with Crippen LogP contribution in [0.15, 0.2) is 137 Å². The molecule has 310 valence electrons. The Morgan fingerprint density at radius 3 is 1.54 bits per heavy atom. The zero-order valence-corrected chi connectivity index (χ0v) is 33.7. The molecule has 0 spiro atoms. The van der Waals surface area contributed by atoms with Crippen molar-refractivity contribution in [2.75, 3.05) is 21.3 Å². The fourth-order valence-corrected chi connectivity index (χ4v) is 5.10. The molecule has 9 heterocycles. The van der Waals surface area contributed by atoms with Crippen molar-refractivity contribution in [1.29, 1.82) is 0 Å². The molecular weight excluding hydrogens is 806 g/mol. The first-order valence-electron chi connectivity index (χ1n) is 18.2. The lowest BCUT2D eigenvalue weighted by atomic mass is 10.3. The summed E-state index contributed by atoms with van der Waals surface area (Å²) in [6.07, 6.45) is 14.6. The number of halogens is 1. The Kier molecular flexibility index (Phi) is 15.3. The molecule has 0 unspecified atom stereocenters. The summed E-state index contributed by atoms with van der Waals surface area (Å²) in [5.74, 6) is 3.85. The van der Waals surface area contributed by atoms with E-state index in [0.717, 1.165) is 27.8 Å². The number of aliphatic hydroxyl groups is 1. The van der Waals surface area contributed by atoms with Gasteiger partial charge < -0.3 is 38.0 Å². The number of nitrogens with zero attached hydrogens (tertiary/aromatic N) is 9. The van der Waals surface area contributed by atoms with E-state index in [1.807, 2.05) is 30.3 Å². The molecule has 2 N–H and O–H groups in total. The molecule has 0 aliphatic rings. The molecule has 9 aromatic rings. The van der Waals surface area contributed by atoms with Gasteiger partial charge in [0.1, 0.15) is 29.1 Å². The Bertz CT molecular complexity index is 2600. The van der Waals surface area contributed by atoms with Gasteiger partial charge in [-0.05, 0) is 47.5 Å². The molecule has 0 amide bonds. The fourth-order valence-electron chi connectivity index (χ4n) is 4.94. The number of fused-ring (bicyclic) bond motifs is 2. The summed E-state index contributed by atoms with van der Waals surface area (Å²) in [5.41, 5.74) is 6.31. The minimum absolute atomic E-state index is 0.0248. The molecule has 0 saturated carbocycles. The molecule has 61 heavy (non-hydrogen) atoms. The van der Waals surface area contributed by atoms with Crippen LogP contribution in [0.5, 0.6) is 29.1 Å². The summed E-state index contributed by atoms with van der Waals surface area (Å²) in [7, 11) is 4.72. The molecule has 0 aliphatic carbocycles. The number of methoxy groups -OCH3 is 3. The number of aliphatic hydroxyl groups excluding tert-OH is 1. The van der Waals surface area contributed by atoms with Gasteiger partial charge in [0, 0.05) is 85.2 Å². The monoisotopic (exact) mass is 843 g/mol. The maximum absolute atomic E-state index is 9.25. The van der Waals surface area contributed by atoms with E-state index in [1.165, 1.54) is 12.3 Å². The normalized spacial score (nSPS) is 10.3. The topological polar surface area (TPSA) is 220 Å². The number of alkyl halides is 1. The molecule has 0 radical (unpaired) electrons. The number of aromatic nitrogens is 9. The fraction of sp³-hybridized carbons (Fsp3) is 0.140. The molecule has 0 atom stereocenters. The molecule has 18 heteroatoms. The third-order valence-corrected chi connectivity index (χ3v) is 8.34. The van der Waals surface area contributed by atoms with Crippen LogP contribution in [0.2, 0.25) is 0 Å². The second-order valence-corrected chi connectivity index (χ2v) is 12.5. The summed E-state index contributed by atoms with van der Waals surface area (Å²) in [6, 6.07) is 21.5. The first-order valence-corrected chi connectivity index (χ1v) is 18.7. The van der Waals surface area contributed by atoms with E-state index < -0.39 is 0 Å². The molecule has 9 rings (SSSR count). The van der Waals surface area contributed by atoms with Crippen LogP contribution in [0.3, 0.4) is 0 Å². The largest absolute Gasteiger partial charge is 0.506 e. The van der Waals surface area contributed by atoms with Gasteiger partial charge in [-0.1, -0.05) is 6.07 Å². The van der Waals surface area contributed by atoms with Crippen LogP contribution >= 0.6 is 11.6 Å². The summed E-state index contributed by atoms with van der Waals surface area (Å²) in [4.78, 5) is 36.9. The van der Waals surface area contributed by atoms with Crippen molar-refractivity contribution >= 4 is 34.1 Å². The minimum atomic E-state index is 0.0248. The highest BCUT2D eigenvalue weighted by molar-refractivity contribution is 6.17. The lowest BCUT2D eigenvalue weighted by Crippen LogP contribution is -1.97. The molecule has 0 bridgehead atoms. The van der Waals surface area contributed by atoms with Crippen LogP contribution in [0.1, 0.15) is 16.7 Å². The standard InChI is InChI=1S/C18H14N4O3.C11H7N3O2.C7H8ClNO.C7H9NO2/c1-23-16-5-4-12(8-20-16)11-24-14-7-15-18(21-10-14)25-17(22-15)13-3-2-6-19-9-13;15-8-4-9-11(13-6-8)16-10(14-9)7-2-1-3-12-5-7;1-10-7-3-2-6(4-8)5-9-7;1-10-7-3-2-6(5-9)4-8-7/h2-10H,11H2,1H3;1-6,15H;2-3,5H,4H2,1H3;2-4,9H,5H2,1H3. The second kappa shape index (κ2) is 21.8. The highest BCUT2D eigenvalue weighted by atomic mass is 35.5. The van der Waals surface area contributed by atoms with Crippen molar-refractivity contribution < 1.29 is 38.0 Å². The third-order valence-electron chi connectivity index (χ3n) is 8.04. The summed E-state index contributed by atoms with van der Waals surface area (Å²) in [5, 5.41) is 17.9. The highest BCUT2D eigenvalue weighted by Gasteiger charge is 2.11. The quantitative estimate of drug-likeness (QED) is 0.126. The van der Waals surface area contributed by atoms with E-state index in [4.69, 9.17) is 44.5 Å². The van der Waals surface area contributed by atoms with Crippen molar-refractivity contribution in [3.05, 3.63) is 145 Å². The van der Waals surface area contributed by atoms with E-state index in [-0.39, 0.29) is 12.4 Å². The van der Waals surface area contributed by atoms with E-state index in [0.29, 0.717) is 70.1 Å². The van der Waals surface area contributed by atoms with Gasteiger partial charge in [0.2, 0.25) is 40.8 Å². The van der Waals surface area contributed by atoms with Gasteiger partial charge in [0.25, 0.3) is 0 Å². The van der Waals surface area contributed by atoms with Crippen molar-refractivity contribution in [2.45, 2.75) is 19.1 Å². The Balaban J connectivity index is 0.000000148.